The van der Waals surface area contributed by atoms with Crippen molar-refractivity contribution >= 4 is 28.3 Å². The fourth-order valence-corrected chi connectivity index (χ4v) is 1.92. The molecule has 94 valence electrons. The van der Waals surface area contributed by atoms with Gasteiger partial charge in [-0.05, 0) is 40.8 Å². The highest BCUT2D eigenvalue weighted by Crippen LogP contribution is 2.24. The maximum Gasteiger partial charge on any atom is 0.287 e. The Hall–Kier alpha value is -2.21. The standard InChI is InChI=1S/C12H6IN3O3/c13-11-5-10(3-1-8(11)6-14)19-12-4-2-9(7-15-12)16(17)18/h1-5,7H. The van der Waals surface area contributed by atoms with Crippen molar-refractivity contribution in [2.75, 3.05) is 0 Å². The van der Waals surface area contributed by atoms with Crippen LogP contribution in [0.1, 0.15) is 5.56 Å². The third kappa shape index (κ3) is 3.17. The van der Waals surface area contributed by atoms with E-state index in [4.69, 9.17) is 10.00 Å². The molecule has 0 N–H and O–H groups in total. The van der Waals surface area contributed by atoms with Gasteiger partial charge in [-0.1, -0.05) is 0 Å². The number of halogens is 1. The lowest BCUT2D eigenvalue weighted by atomic mass is 10.2. The third-order valence-electron chi connectivity index (χ3n) is 2.21. The van der Waals surface area contributed by atoms with Crippen LogP contribution in [0.3, 0.4) is 0 Å². The summed E-state index contributed by atoms with van der Waals surface area (Å²) in [6, 6.07) is 9.77. The van der Waals surface area contributed by atoms with Gasteiger partial charge in [-0.15, -0.1) is 0 Å². The molecule has 0 amide bonds. The van der Waals surface area contributed by atoms with Crippen LogP contribution in [0.5, 0.6) is 11.6 Å². The second kappa shape index (κ2) is 5.62. The van der Waals surface area contributed by atoms with Crippen LogP contribution in [0, 0.1) is 25.0 Å². The van der Waals surface area contributed by atoms with Gasteiger partial charge in [-0.3, -0.25) is 10.1 Å². The number of hydrogen-bond donors (Lipinski definition) is 0. The van der Waals surface area contributed by atoms with Crippen molar-refractivity contribution in [2.24, 2.45) is 0 Å². The molecular weight excluding hydrogens is 361 g/mol. The highest BCUT2D eigenvalue weighted by Gasteiger charge is 2.07. The van der Waals surface area contributed by atoms with Crippen molar-refractivity contribution < 1.29 is 9.66 Å². The van der Waals surface area contributed by atoms with Gasteiger partial charge in [-0.2, -0.15) is 5.26 Å². The van der Waals surface area contributed by atoms with E-state index in [9.17, 15) is 10.1 Å². The van der Waals surface area contributed by atoms with Gasteiger partial charge in [-0.25, -0.2) is 4.98 Å². The minimum Gasteiger partial charge on any atom is -0.439 e. The molecule has 0 aliphatic rings. The lowest BCUT2D eigenvalue weighted by Gasteiger charge is -2.05. The summed E-state index contributed by atoms with van der Waals surface area (Å²) in [5.74, 6) is 0.774. The van der Waals surface area contributed by atoms with E-state index in [0.29, 0.717) is 11.3 Å². The number of nitrogens with zero attached hydrogens (tertiary/aromatic N) is 3. The molecule has 1 heterocycles. The number of ether oxygens (including phenoxy) is 1. The molecule has 0 fully saturated rings. The van der Waals surface area contributed by atoms with Crippen LogP contribution in [-0.4, -0.2) is 9.91 Å². The van der Waals surface area contributed by atoms with Crippen LogP contribution in [0.4, 0.5) is 5.69 Å². The zero-order valence-electron chi connectivity index (χ0n) is 9.41. The van der Waals surface area contributed by atoms with Crippen LogP contribution >= 0.6 is 22.6 Å². The Labute approximate surface area is 121 Å². The maximum atomic E-state index is 10.5. The highest BCUT2D eigenvalue weighted by molar-refractivity contribution is 14.1. The molecule has 0 bridgehead atoms. The van der Waals surface area contributed by atoms with Crippen LogP contribution in [0.25, 0.3) is 0 Å². The molecule has 2 aromatic rings. The molecule has 0 aliphatic carbocycles. The van der Waals surface area contributed by atoms with E-state index in [1.54, 1.807) is 18.2 Å². The molecule has 0 aliphatic heterocycles. The zero-order chi connectivity index (χ0) is 13.8. The normalized spacial score (nSPS) is 9.68. The van der Waals surface area contributed by atoms with Crippen molar-refractivity contribution in [1.82, 2.24) is 4.98 Å². The molecule has 0 saturated heterocycles. The second-order valence-corrected chi connectivity index (χ2v) is 4.63. The fourth-order valence-electron chi connectivity index (χ4n) is 1.31. The fraction of sp³-hybridized carbons (Fsp3) is 0. The van der Waals surface area contributed by atoms with Crippen LogP contribution in [-0.2, 0) is 0 Å². The Balaban J connectivity index is 2.19. The summed E-state index contributed by atoms with van der Waals surface area (Å²) in [5, 5.41) is 19.3. The summed E-state index contributed by atoms with van der Waals surface area (Å²) in [4.78, 5) is 13.8. The molecular formula is C12H6IN3O3. The number of rotatable bonds is 3. The topological polar surface area (TPSA) is 89.0 Å². The van der Waals surface area contributed by atoms with Crippen molar-refractivity contribution in [2.45, 2.75) is 0 Å². The maximum absolute atomic E-state index is 10.5. The quantitative estimate of drug-likeness (QED) is 0.472. The van der Waals surface area contributed by atoms with Gasteiger partial charge in [0, 0.05) is 15.7 Å². The molecule has 6 nitrogen and oxygen atoms in total. The van der Waals surface area contributed by atoms with E-state index >= 15 is 0 Å². The van der Waals surface area contributed by atoms with Gasteiger partial charge in [0.05, 0.1) is 10.5 Å². The highest BCUT2D eigenvalue weighted by atomic mass is 127. The Morgan fingerprint density at radius 1 is 1.37 bits per heavy atom. The minimum absolute atomic E-state index is 0.0956. The van der Waals surface area contributed by atoms with Crippen LogP contribution in [0.15, 0.2) is 36.5 Å². The molecule has 2 rings (SSSR count). The van der Waals surface area contributed by atoms with Crippen molar-refractivity contribution in [1.29, 1.82) is 5.26 Å². The van der Waals surface area contributed by atoms with E-state index in [1.165, 1.54) is 12.1 Å². The number of nitro groups is 1. The third-order valence-corrected chi connectivity index (χ3v) is 3.11. The van der Waals surface area contributed by atoms with E-state index in [-0.39, 0.29) is 11.6 Å². The number of hydrogen-bond acceptors (Lipinski definition) is 5. The summed E-state index contributed by atoms with van der Waals surface area (Å²) in [7, 11) is 0. The minimum atomic E-state index is -0.526. The first-order valence-corrected chi connectivity index (χ1v) is 6.16. The largest absolute Gasteiger partial charge is 0.439 e. The molecule has 0 radical (unpaired) electrons. The van der Waals surface area contributed by atoms with Gasteiger partial charge in [0.2, 0.25) is 5.88 Å². The number of aromatic nitrogens is 1. The molecule has 19 heavy (non-hydrogen) atoms. The zero-order valence-corrected chi connectivity index (χ0v) is 11.6. The van der Waals surface area contributed by atoms with Crippen molar-refractivity contribution in [3.63, 3.8) is 0 Å². The summed E-state index contributed by atoms with van der Waals surface area (Å²) in [5.41, 5.74) is 0.464. The molecule has 0 spiro atoms. The van der Waals surface area contributed by atoms with E-state index in [1.807, 2.05) is 22.6 Å². The van der Waals surface area contributed by atoms with Gasteiger partial charge in [0.1, 0.15) is 18.0 Å². The SMILES string of the molecule is N#Cc1ccc(Oc2ccc([N+](=O)[O-])cn2)cc1I. The van der Waals surface area contributed by atoms with Gasteiger partial charge < -0.3 is 4.74 Å². The molecule has 0 saturated carbocycles. The summed E-state index contributed by atoms with van der Waals surface area (Å²) in [6.45, 7) is 0. The average Bonchev–Trinajstić information content (AvgIpc) is 2.39. The lowest BCUT2D eigenvalue weighted by molar-refractivity contribution is -0.385. The molecule has 0 unspecified atom stereocenters. The first kappa shape index (κ1) is 13.2. The number of nitriles is 1. The Bertz CT molecular complexity index is 665. The number of pyridine rings is 1. The van der Waals surface area contributed by atoms with E-state index in [2.05, 4.69) is 11.1 Å². The smallest absolute Gasteiger partial charge is 0.287 e. The molecule has 7 heteroatoms. The summed E-state index contributed by atoms with van der Waals surface area (Å²) < 4.78 is 6.21. The first-order valence-electron chi connectivity index (χ1n) is 5.08. The second-order valence-electron chi connectivity index (χ2n) is 3.47. The average molecular weight is 367 g/mol. The van der Waals surface area contributed by atoms with Crippen molar-refractivity contribution in [3.8, 4) is 17.7 Å². The predicted octanol–water partition coefficient (Wildman–Crippen LogP) is 3.26. The Morgan fingerprint density at radius 2 is 2.16 bits per heavy atom. The predicted molar refractivity (Wildman–Crippen MR) is 74.8 cm³/mol. The summed E-state index contributed by atoms with van der Waals surface area (Å²) in [6.07, 6.45) is 1.13. The van der Waals surface area contributed by atoms with E-state index < -0.39 is 4.92 Å². The lowest BCUT2D eigenvalue weighted by Crippen LogP contribution is -1.92. The van der Waals surface area contributed by atoms with E-state index in [0.717, 1.165) is 9.77 Å². The van der Waals surface area contributed by atoms with Crippen molar-refractivity contribution in [3.05, 3.63) is 55.8 Å². The summed E-state index contributed by atoms with van der Waals surface area (Å²) >= 11 is 2.03. The first-order chi connectivity index (χ1) is 9.10. The van der Waals surface area contributed by atoms with Gasteiger partial charge in [0.15, 0.2) is 0 Å². The Morgan fingerprint density at radius 3 is 2.68 bits per heavy atom. The number of benzene rings is 1. The van der Waals surface area contributed by atoms with Gasteiger partial charge >= 0.3 is 0 Å². The Kier molecular flexibility index (Phi) is 3.91. The molecule has 1 aromatic carbocycles. The van der Waals surface area contributed by atoms with Gasteiger partial charge in [0.25, 0.3) is 5.69 Å². The molecule has 0 atom stereocenters. The van der Waals surface area contributed by atoms with Crippen LogP contribution in [0.2, 0.25) is 0 Å². The van der Waals surface area contributed by atoms with Crippen LogP contribution < -0.4 is 4.74 Å². The molecule has 1 aromatic heterocycles. The monoisotopic (exact) mass is 367 g/mol.